The number of carbonyl (C=O) groups excluding carboxylic acids is 2. The van der Waals surface area contributed by atoms with Crippen LogP contribution in [0, 0.1) is 0 Å². The van der Waals surface area contributed by atoms with Crippen LogP contribution in [0.5, 0.6) is 0 Å². The number of ketones is 2. The van der Waals surface area contributed by atoms with Gasteiger partial charge >= 0.3 is 0 Å². The van der Waals surface area contributed by atoms with Gasteiger partial charge in [-0.2, -0.15) is 8.42 Å². The van der Waals surface area contributed by atoms with E-state index in [9.17, 15) is 22.6 Å². The lowest BCUT2D eigenvalue weighted by Crippen LogP contribution is -2.24. The predicted octanol–water partition coefficient (Wildman–Crippen LogP) is 3.03. The zero-order chi connectivity index (χ0) is 20.1. The highest BCUT2D eigenvalue weighted by atomic mass is 32.2. The number of nitrogen functional groups attached to an aromatic ring is 1. The van der Waals surface area contributed by atoms with Crippen LogP contribution in [-0.4, -0.2) is 24.5 Å². The van der Waals surface area contributed by atoms with E-state index in [-0.39, 0.29) is 27.9 Å². The van der Waals surface area contributed by atoms with Crippen molar-refractivity contribution in [1.29, 1.82) is 0 Å². The summed E-state index contributed by atoms with van der Waals surface area (Å²) in [5.74, 6) is -1.12. The first kappa shape index (κ1) is 17.9. The van der Waals surface area contributed by atoms with Gasteiger partial charge in [0.2, 0.25) is 0 Å². The van der Waals surface area contributed by atoms with Gasteiger partial charge in [0.25, 0.3) is 10.1 Å². The van der Waals surface area contributed by atoms with Gasteiger partial charge in [-0.25, -0.2) is 0 Å². The Morgan fingerprint density at radius 3 is 2.00 bits per heavy atom. The number of nitrogens with one attached hydrogen (secondary N) is 1. The monoisotopic (exact) mass is 394 g/mol. The normalized spacial score (nSPS) is 13.0. The Balaban J connectivity index is 1.95. The van der Waals surface area contributed by atoms with Crippen LogP contribution < -0.4 is 11.1 Å². The molecule has 7 nitrogen and oxygen atoms in total. The third kappa shape index (κ3) is 2.84. The van der Waals surface area contributed by atoms with Gasteiger partial charge in [0, 0.05) is 28.1 Å². The fourth-order valence-corrected chi connectivity index (χ4v) is 4.10. The molecule has 4 rings (SSSR count). The first-order chi connectivity index (χ1) is 13.3. The van der Waals surface area contributed by atoms with Crippen LogP contribution in [0.25, 0.3) is 0 Å². The highest BCUT2D eigenvalue weighted by molar-refractivity contribution is 7.86. The molecule has 3 aromatic rings. The summed E-state index contributed by atoms with van der Waals surface area (Å²) in [5, 5.41) is 2.86. The van der Waals surface area contributed by atoms with Crippen LogP contribution in [0.3, 0.4) is 0 Å². The molecule has 0 heterocycles. The first-order valence-corrected chi connectivity index (χ1v) is 9.67. The molecular formula is C20H14N2O5S. The standard InChI is InChI=1S/C20H14N2O5S/c21-11-5-7-12(8-6-11)22-16-10-9-15-17(20(16)28(25,26)27)19(24)14-4-2-1-3-13(14)18(15)23/h1-10,22H,21H2,(H,25,26,27). The molecule has 8 heteroatoms. The topological polar surface area (TPSA) is 127 Å². The van der Waals surface area contributed by atoms with Gasteiger partial charge in [0.1, 0.15) is 4.90 Å². The van der Waals surface area contributed by atoms with Gasteiger partial charge in [-0.1, -0.05) is 24.3 Å². The SMILES string of the molecule is Nc1ccc(Nc2ccc3c(c2S(=O)(=O)O)C(=O)c2ccccc2C3=O)cc1. The van der Waals surface area contributed by atoms with Gasteiger partial charge in [-0.05, 0) is 36.4 Å². The minimum absolute atomic E-state index is 0.0217. The summed E-state index contributed by atoms with van der Waals surface area (Å²) in [6.07, 6.45) is 0. The zero-order valence-electron chi connectivity index (χ0n) is 14.3. The molecular weight excluding hydrogens is 380 g/mol. The molecule has 28 heavy (non-hydrogen) atoms. The minimum Gasteiger partial charge on any atom is -0.399 e. The third-order valence-corrected chi connectivity index (χ3v) is 5.43. The van der Waals surface area contributed by atoms with Crippen molar-refractivity contribution in [3.05, 3.63) is 82.9 Å². The summed E-state index contributed by atoms with van der Waals surface area (Å²) in [6, 6.07) is 15.3. The van der Waals surface area contributed by atoms with E-state index in [1.54, 1.807) is 36.4 Å². The lowest BCUT2D eigenvalue weighted by Gasteiger charge is -2.21. The van der Waals surface area contributed by atoms with E-state index in [1.807, 2.05) is 0 Å². The Morgan fingerprint density at radius 2 is 1.39 bits per heavy atom. The summed E-state index contributed by atoms with van der Waals surface area (Å²) in [5.41, 5.74) is 6.51. The van der Waals surface area contributed by atoms with E-state index in [0.29, 0.717) is 11.4 Å². The van der Waals surface area contributed by atoms with E-state index in [1.165, 1.54) is 24.3 Å². The molecule has 0 amide bonds. The predicted molar refractivity (Wildman–Crippen MR) is 104 cm³/mol. The number of hydrogen-bond donors (Lipinski definition) is 3. The van der Waals surface area contributed by atoms with Gasteiger partial charge in [-0.15, -0.1) is 0 Å². The van der Waals surface area contributed by atoms with E-state index >= 15 is 0 Å². The average Bonchev–Trinajstić information content (AvgIpc) is 2.66. The van der Waals surface area contributed by atoms with E-state index in [4.69, 9.17) is 5.73 Å². The van der Waals surface area contributed by atoms with Crippen LogP contribution in [0.2, 0.25) is 0 Å². The number of anilines is 3. The Bertz CT molecular complexity index is 1250. The first-order valence-electron chi connectivity index (χ1n) is 8.23. The van der Waals surface area contributed by atoms with Crippen molar-refractivity contribution < 1.29 is 22.6 Å². The Morgan fingerprint density at radius 1 is 0.786 bits per heavy atom. The lowest BCUT2D eigenvalue weighted by molar-refractivity contribution is 0.0976. The molecule has 0 atom stereocenters. The maximum Gasteiger partial charge on any atom is 0.297 e. The molecule has 0 aliphatic heterocycles. The van der Waals surface area contributed by atoms with E-state index in [0.717, 1.165) is 0 Å². The Hall–Kier alpha value is -3.49. The molecule has 0 radical (unpaired) electrons. The fraction of sp³-hybridized carbons (Fsp3) is 0. The summed E-state index contributed by atoms with van der Waals surface area (Å²) >= 11 is 0. The van der Waals surface area contributed by atoms with Gasteiger partial charge in [0.05, 0.1) is 11.3 Å². The van der Waals surface area contributed by atoms with Crippen LogP contribution >= 0.6 is 0 Å². The number of fused-ring (bicyclic) bond motifs is 2. The second kappa shape index (κ2) is 6.29. The molecule has 0 bridgehead atoms. The van der Waals surface area contributed by atoms with Crippen molar-refractivity contribution >= 4 is 38.7 Å². The molecule has 3 aromatic carbocycles. The largest absolute Gasteiger partial charge is 0.399 e. The average molecular weight is 394 g/mol. The quantitative estimate of drug-likeness (QED) is 0.360. The van der Waals surface area contributed by atoms with Crippen molar-refractivity contribution in [2.45, 2.75) is 4.90 Å². The molecule has 140 valence electrons. The minimum atomic E-state index is -4.82. The summed E-state index contributed by atoms with van der Waals surface area (Å²) in [6.45, 7) is 0. The smallest absolute Gasteiger partial charge is 0.297 e. The third-order valence-electron chi connectivity index (χ3n) is 4.49. The second-order valence-corrected chi connectivity index (χ2v) is 7.65. The highest BCUT2D eigenvalue weighted by Crippen LogP contribution is 2.36. The van der Waals surface area contributed by atoms with Gasteiger partial charge in [-0.3, -0.25) is 14.1 Å². The molecule has 1 aliphatic rings. The van der Waals surface area contributed by atoms with Crippen molar-refractivity contribution in [3.63, 3.8) is 0 Å². The molecule has 0 spiro atoms. The van der Waals surface area contributed by atoms with Crippen LogP contribution in [0.15, 0.2) is 65.6 Å². The van der Waals surface area contributed by atoms with Crippen LogP contribution in [-0.2, 0) is 10.1 Å². The summed E-state index contributed by atoms with van der Waals surface area (Å²) in [7, 11) is -4.82. The van der Waals surface area contributed by atoms with Crippen LogP contribution in [0.4, 0.5) is 17.1 Å². The number of nitrogens with two attached hydrogens (primary N) is 1. The van der Waals surface area contributed by atoms with Crippen molar-refractivity contribution in [3.8, 4) is 0 Å². The number of benzene rings is 3. The second-order valence-electron chi connectivity index (χ2n) is 6.29. The zero-order valence-corrected chi connectivity index (χ0v) is 15.2. The summed E-state index contributed by atoms with van der Waals surface area (Å²) < 4.78 is 34.2. The maximum absolute atomic E-state index is 13.0. The van der Waals surface area contributed by atoms with Gasteiger partial charge < -0.3 is 11.1 Å². The van der Waals surface area contributed by atoms with Crippen LogP contribution in [0.1, 0.15) is 31.8 Å². The van der Waals surface area contributed by atoms with E-state index < -0.39 is 26.6 Å². The molecule has 0 fully saturated rings. The van der Waals surface area contributed by atoms with Crippen molar-refractivity contribution in [2.75, 3.05) is 11.1 Å². The molecule has 0 saturated heterocycles. The number of rotatable bonds is 3. The maximum atomic E-state index is 13.0. The van der Waals surface area contributed by atoms with E-state index in [2.05, 4.69) is 5.32 Å². The number of carbonyl (C=O) groups is 2. The fourth-order valence-electron chi connectivity index (χ4n) is 3.24. The molecule has 0 saturated carbocycles. The van der Waals surface area contributed by atoms with Crippen molar-refractivity contribution in [2.24, 2.45) is 0 Å². The molecule has 4 N–H and O–H groups in total. The van der Waals surface area contributed by atoms with Crippen molar-refractivity contribution in [1.82, 2.24) is 0 Å². The van der Waals surface area contributed by atoms with Gasteiger partial charge in [0.15, 0.2) is 11.6 Å². The number of hydrogen-bond acceptors (Lipinski definition) is 6. The highest BCUT2D eigenvalue weighted by Gasteiger charge is 2.36. The molecule has 0 unspecified atom stereocenters. The summed E-state index contributed by atoms with van der Waals surface area (Å²) in [4.78, 5) is 25.1. The Kier molecular flexibility index (Phi) is 4.02. The molecule has 1 aliphatic carbocycles. The molecule has 0 aromatic heterocycles. The lowest BCUT2D eigenvalue weighted by atomic mass is 9.84. The Labute approximate surface area is 160 Å².